The molecule has 1 heterocycles. The Hall–Kier alpha value is -0.880. The Kier molecular flexibility index (Phi) is 3.44. The molecule has 2 atom stereocenters. The number of ketones is 1. The third-order valence-electron chi connectivity index (χ3n) is 2.70. The Morgan fingerprint density at radius 3 is 2.85 bits per heavy atom. The molecule has 1 rings (SSSR count). The van der Waals surface area contributed by atoms with Crippen LogP contribution in [-0.2, 0) is 4.79 Å². The van der Waals surface area contributed by atoms with Gasteiger partial charge in [0.2, 0.25) is 0 Å². The first kappa shape index (κ1) is 10.2. The molecule has 0 aromatic rings. The van der Waals surface area contributed by atoms with Crippen molar-refractivity contribution in [2.75, 3.05) is 20.1 Å². The summed E-state index contributed by atoms with van der Waals surface area (Å²) in [5.74, 6) is -0.125. The van der Waals surface area contributed by atoms with Gasteiger partial charge in [-0.1, -0.05) is 6.92 Å². The fourth-order valence-electron chi connectivity index (χ4n) is 1.81. The van der Waals surface area contributed by atoms with E-state index in [9.17, 15) is 4.79 Å². The number of rotatable bonds is 3. The Bertz CT molecular complexity index is 232. The number of likely N-dealkylation sites (tertiary alicyclic amines) is 1. The van der Waals surface area contributed by atoms with Crippen molar-refractivity contribution in [3.8, 4) is 6.07 Å². The molecule has 0 amide bonds. The fourth-order valence-corrected chi connectivity index (χ4v) is 1.81. The highest BCUT2D eigenvalue weighted by Gasteiger charge is 2.30. The molecule has 1 aliphatic heterocycles. The first-order valence-electron chi connectivity index (χ1n) is 4.81. The van der Waals surface area contributed by atoms with Gasteiger partial charge in [-0.3, -0.25) is 4.79 Å². The van der Waals surface area contributed by atoms with E-state index in [2.05, 4.69) is 11.0 Å². The largest absolute Gasteiger partial charge is 0.306 e. The van der Waals surface area contributed by atoms with E-state index in [-0.39, 0.29) is 17.6 Å². The monoisotopic (exact) mass is 180 g/mol. The zero-order valence-corrected chi connectivity index (χ0v) is 8.29. The van der Waals surface area contributed by atoms with Crippen molar-refractivity contribution in [2.45, 2.75) is 19.8 Å². The summed E-state index contributed by atoms with van der Waals surface area (Å²) < 4.78 is 0. The summed E-state index contributed by atoms with van der Waals surface area (Å²) in [5.41, 5.74) is 0. The average Bonchev–Trinajstić information content (AvgIpc) is 2.54. The summed E-state index contributed by atoms with van der Waals surface area (Å²) >= 11 is 0. The Morgan fingerprint density at radius 2 is 2.46 bits per heavy atom. The van der Waals surface area contributed by atoms with Crippen LogP contribution in [0.25, 0.3) is 0 Å². The summed E-state index contributed by atoms with van der Waals surface area (Å²) in [6.07, 6.45) is 1.57. The van der Waals surface area contributed by atoms with Gasteiger partial charge in [-0.15, -0.1) is 0 Å². The van der Waals surface area contributed by atoms with Crippen LogP contribution in [0.15, 0.2) is 0 Å². The van der Waals surface area contributed by atoms with Crippen molar-refractivity contribution >= 4 is 5.78 Å². The van der Waals surface area contributed by atoms with Crippen molar-refractivity contribution < 1.29 is 4.79 Å². The molecule has 0 aromatic heterocycles. The van der Waals surface area contributed by atoms with Crippen molar-refractivity contribution in [1.29, 1.82) is 5.26 Å². The van der Waals surface area contributed by atoms with Gasteiger partial charge < -0.3 is 4.90 Å². The van der Waals surface area contributed by atoms with Crippen molar-refractivity contribution in [3.63, 3.8) is 0 Å². The van der Waals surface area contributed by atoms with E-state index in [1.165, 1.54) is 0 Å². The number of carbonyl (C=O) groups excluding carboxylic acids is 1. The van der Waals surface area contributed by atoms with Crippen LogP contribution < -0.4 is 0 Å². The normalized spacial score (nSPS) is 25.5. The van der Waals surface area contributed by atoms with Gasteiger partial charge in [0.25, 0.3) is 0 Å². The highest BCUT2D eigenvalue weighted by molar-refractivity contribution is 5.86. The number of carbonyl (C=O) groups is 1. The second kappa shape index (κ2) is 4.38. The molecule has 2 unspecified atom stereocenters. The highest BCUT2D eigenvalue weighted by Crippen LogP contribution is 2.20. The van der Waals surface area contributed by atoms with Gasteiger partial charge in [0.05, 0.1) is 6.07 Å². The number of Topliss-reactive ketones (excluding diaryl/α,β-unsaturated/α-hetero) is 1. The second-order valence-corrected chi connectivity index (χ2v) is 3.74. The van der Waals surface area contributed by atoms with Crippen LogP contribution in [0.3, 0.4) is 0 Å². The molecule has 0 radical (unpaired) electrons. The lowest BCUT2D eigenvalue weighted by atomic mass is 9.91. The standard InChI is InChI=1S/C10H16N2O/c1-3-8(6-11)10(13)9-4-5-12(2)7-9/h8-9H,3-5,7H2,1-2H3. The predicted octanol–water partition coefficient (Wildman–Crippen LogP) is 1.06. The van der Waals surface area contributed by atoms with Gasteiger partial charge in [-0.2, -0.15) is 5.26 Å². The third kappa shape index (κ3) is 2.28. The molecule has 3 nitrogen and oxygen atoms in total. The summed E-state index contributed by atoms with van der Waals surface area (Å²) in [4.78, 5) is 13.8. The van der Waals surface area contributed by atoms with Gasteiger partial charge in [-0.05, 0) is 26.4 Å². The fraction of sp³-hybridized carbons (Fsp3) is 0.800. The lowest BCUT2D eigenvalue weighted by Gasteiger charge is -2.11. The second-order valence-electron chi connectivity index (χ2n) is 3.74. The van der Waals surface area contributed by atoms with E-state index in [0.29, 0.717) is 6.42 Å². The van der Waals surface area contributed by atoms with Crippen LogP contribution in [0.5, 0.6) is 0 Å². The topological polar surface area (TPSA) is 44.1 Å². The average molecular weight is 180 g/mol. The number of nitrogens with zero attached hydrogens (tertiary/aromatic N) is 2. The van der Waals surface area contributed by atoms with E-state index in [1.807, 2.05) is 14.0 Å². The van der Waals surface area contributed by atoms with Crippen LogP contribution in [0, 0.1) is 23.2 Å². The van der Waals surface area contributed by atoms with Gasteiger partial charge in [0.1, 0.15) is 5.92 Å². The van der Waals surface area contributed by atoms with Crippen molar-refractivity contribution in [3.05, 3.63) is 0 Å². The highest BCUT2D eigenvalue weighted by atomic mass is 16.1. The number of hydrogen-bond donors (Lipinski definition) is 0. The molecule has 3 heteroatoms. The molecule has 72 valence electrons. The molecule has 1 fully saturated rings. The van der Waals surface area contributed by atoms with Crippen LogP contribution in [-0.4, -0.2) is 30.8 Å². The van der Waals surface area contributed by atoms with E-state index in [0.717, 1.165) is 19.5 Å². The van der Waals surface area contributed by atoms with Crippen molar-refractivity contribution in [1.82, 2.24) is 4.90 Å². The van der Waals surface area contributed by atoms with Gasteiger partial charge in [0.15, 0.2) is 5.78 Å². The van der Waals surface area contributed by atoms with Gasteiger partial charge in [0, 0.05) is 12.5 Å². The van der Waals surface area contributed by atoms with E-state index in [4.69, 9.17) is 5.26 Å². The Labute approximate surface area is 79.3 Å². The first-order valence-corrected chi connectivity index (χ1v) is 4.81. The third-order valence-corrected chi connectivity index (χ3v) is 2.70. The SMILES string of the molecule is CCC(C#N)C(=O)C1CCN(C)C1. The Balaban J connectivity index is 2.53. The first-order chi connectivity index (χ1) is 6.19. The van der Waals surface area contributed by atoms with Crippen molar-refractivity contribution in [2.24, 2.45) is 11.8 Å². The zero-order valence-electron chi connectivity index (χ0n) is 8.29. The zero-order chi connectivity index (χ0) is 9.84. The predicted molar refractivity (Wildman–Crippen MR) is 50.0 cm³/mol. The molecule has 0 spiro atoms. The molecule has 0 aromatic carbocycles. The molecule has 0 bridgehead atoms. The van der Waals surface area contributed by atoms with Gasteiger partial charge >= 0.3 is 0 Å². The molecular weight excluding hydrogens is 164 g/mol. The lowest BCUT2D eigenvalue weighted by molar-refractivity contribution is -0.124. The molecular formula is C10H16N2O. The molecule has 0 aliphatic carbocycles. The number of nitriles is 1. The summed E-state index contributed by atoms with van der Waals surface area (Å²) in [5, 5.41) is 8.74. The maximum atomic E-state index is 11.7. The molecule has 13 heavy (non-hydrogen) atoms. The van der Waals surface area contributed by atoms with E-state index < -0.39 is 0 Å². The maximum absolute atomic E-state index is 11.7. The van der Waals surface area contributed by atoms with Crippen LogP contribution in [0.4, 0.5) is 0 Å². The smallest absolute Gasteiger partial charge is 0.154 e. The number of hydrogen-bond acceptors (Lipinski definition) is 3. The summed E-state index contributed by atoms with van der Waals surface area (Å²) in [6, 6.07) is 2.08. The summed E-state index contributed by atoms with van der Waals surface area (Å²) in [7, 11) is 2.01. The van der Waals surface area contributed by atoms with Crippen LogP contribution >= 0.6 is 0 Å². The molecule has 1 saturated heterocycles. The lowest BCUT2D eigenvalue weighted by Crippen LogP contribution is -2.24. The van der Waals surface area contributed by atoms with Gasteiger partial charge in [-0.25, -0.2) is 0 Å². The quantitative estimate of drug-likeness (QED) is 0.652. The maximum Gasteiger partial charge on any atom is 0.154 e. The molecule has 0 saturated carbocycles. The molecule has 1 aliphatic rings. The van der Waals surface area contributed by atoms with Crippen LogP contribution in [0.1, 0.15) is 19.8 Å². The van der Waals surface area contributed by atoms with E-state index in [1.54, 1.807) is 0 Å². The minimum Gasteiger partial charge on any atom is -0.306 e. The van der Waals surface area contributed by atoms with Crippen LogP contribution in [0.2, 0.25) is 0 Å². The summed E-state index contributed by atoms with van der Waals surface area (Å²) in [6.45, 7) is 3.71. The minimum absolute atomic E-state index is 0.106. The van der Waals surface area contributed by atoms with E-state index >= 15 is 0 Å². The Morgan fingerprint density at radius 1 is 1.77 bits per heavy atom. The minimum atomic E-state index is -0.378. The molecule has 0 N–H and O–H groups in total.